The number of alkyl halides is 1. The first-order chi connectivity index (χ1) is 7.81. The van der Waals surface area contributed by atoms with Crippen LogP contribution >= 0.6 is 0 Å². The van der Waals surface area contributed by atoms with Crippen molar-refractivity contribution in [2.24, 2.45) is 0 Å². The summed E-state index contributed by atoms with van der Waals surface area (Å²) in [6, 6.07) is 8.35. The van der Waals surface area contributed by atoms with Crippen LogP contribution in [0, 0.1) is 0 Å². The zero-order valence-electron chi connectivity index (χ0n) is 9.95. The van der Waals surface area contributed by atoms with Crippen molar-refractivity contribution in [3.63, 3.8) is 0 Å². The molecule has 0 unspecified atom stereocenters. The lowest BCUT2D eigenvalue weighted by Gasteiger charge is -2.30. The average molecular weight is 221 g/mol. The topological polar surface area (TPSA) is 3.24 Å². The first kappa shape index (κ1) is 11.6. The zero-order chi connectivity index (χ0) is 11.4. The van der Waals surface area contributed by atoms with E-state index in [0.29, 0.717) is 12.3 Å². The van der Waals surface area contributed by atoms with Crippen LogP contribution in [0.15, 0.2) is 24.3 Å². The van der Waals surface area contributed by atoms with Gasteiger partial charge in [-0.1, -0.05) is 24.3 Å². The molecule has 1 aliphatic rings. The van der Waals surface area contributed by atoms with E-state index in [9.17, 15) is 4.39 Å². The second kappa shape index (κ2) is 5.44. The quantitative estimate of drug-likeness (QED) is 0.758. The summed E-state index contributed by atoms with van der Waals surface area (Å²) in [6.07, 6.45) is 2.99. The summed E-state index contributed by atoms with van der Waals surface area (Å²) in [5, 5.41) is 0. The number of piperidine rings is 1. The van der Waals surface area contributed by atoms with Crippen molar-refractivity contribution in [3.8, 4) is 0 Å². The Balaban J connectivity index is 2.13. The predicted molar refractivity (Wildman–Crippen MR) is 65.6 cm³/mol. The third kappa shape index (κ3) is 2.62. The van der Waals surface area contributed by atoms with Gasteiger partial charge in [-0.25, -0.2) is 0 Å². The Bertz CT molecular complexity index is 329. The maximum absolute atomic E-state index is 12.5. The van der Waals surface area contributed by atoms with Gasteiger partial charge in [0, 0.05) is 6.42 Å². The predicted octanol–water partition coefficient (Wildman–Crippen LogP) is 3.01. The molecule has 0 aromatic heterocycles. The Kier molecular flexibility index (Phi) is 3.94. The minimum atomic E-state index is -0.246. The van der Waals surface area contributed by atoms with Gasteiger partial charge in [0.15, 0.2) is 0 Å². The van der Waals surface area contributed by atoms with Crippen molar-refractivity contribution >= 4 is 0 Å². The zero-order valence-corrected chi connectivity index (χ0v) is 9.95. The first-order valence-corrected chi connectivity index (χ1v) is 6.13. The Hall–Kier alpha value is -0.890. The molecule has 16 heavy (non-hydrogen) atoms. The highest BCUT2D eigenvalue weighted by atomic mass is 19.1. The van der Waals surface area contributed by atoms with Crippen LogP contribution in [0.4, 0.5) is 4.39 Å². The van der Waals surface area contributed by atoms with Gasteiger partial charge in [-0.15, -0.1) is 0 Å². The molecule has 0 N–H and O–H groups in total. The van der Waals surface area contributed by atoms with Crippen LogP contribution < -0.4 is 0 Å². The Morgan fingerprint density at radius 3 is 2.62 bits per heavy atom. The molecule has 0 aliphatic carbocycles. The van der Waals surface area contributed by atoms with Gasteiger partial charge in [0.25, 0.3) is 0 Å². The fourth-order valence-electron chi connectivity index (χ4n) is 2.58. The highest BCUT2D eigenvalue weighted by Crippen LogP contribution is 2.30. The number of aryl methyl sites for hydroxylation is 1. The normalized spacial score (nSPS) is 18.9. The number of rotatable bonds is 3. The molecule has 1 saturated heterocycles. The van der Waals surface area contributed by atoms with Gasteiger partial charge in [0.2, 0.25) is 0 Å². The fraction of sp³-hybridized carbons (Fsp3) is 0.571. The summed E-state index contributed by atoms with van der Waals surface area (Å²) in [6.45, 7) is 2.08. The molecule has 2 heteroatoms. The number of benzene rings is 1. The first-order valence-electron chi connectivity index (χ1n) is 6.13. The number of halogens is 1. The van der Waals surface area contributed by atoms with E-state index in [4.69, 9.17) is 0 Å². The fourth-order valence-corrected chi connectivity index (χ4v) is 2.58. The van der Waals surface area contributed by atoms with E-state index in [0.717, 1.165) is 13.1 Å². The summed E-state index contributed by atoms with van der Waals surface area (Å²) >= 11 is 0. The van der Waals surface area contributed by atoms with Crippen molar-refractivity contribution < 1.29 is 4.39 Å². The van der Waals surface area contributed by atoms with Crippen LogP contribution in [-0.4, -0.2) is 31.7 Å². The van der Waals surface area contributed by atoms with Gasteiger partial charge in [-0.2, -0.15) is 0 Å². The highest BCUT2D eigenvalue weighted by molar-refractivity contribution is 5.31. The number of likely N-dealkylation sites (tertiary alicyclic amines) is 1. The van der Waals surface area contributed by atoms with Crippen molar-refractivity contribution in [2.75, 3.05) is 26.8 Å². The highest BCUT2D eigenvalue weighted by Gasteiger charge is 2.20. The summed E-state index contributed by atoms with van der Waals surface area (Å²) in [5.74, 6) is 0.638. The maximum Gasteiger partial charge on any atom is 0.0934 e. The lowest BCUT2D eigenvalue weighted by Crippen LogP contribution is -2.29. The summed E-state index contributed by atoms with van der Waals surface area (Å²) < 4.78 is 12.5. The van der Waals surface area contributed by atoms with Gasteiger partial charge in [-0.3, -0.25) is 4.39 Å². The molecule has 1 aromatic rings. The van der Waals surface area contributed by atoms with Crippen LogP contribution in [-0.2, 0) is 6.42 Å². The molecule has 2 rings (SSSR count). The Morgan fingerprint density at radius 1 is 1.25 bits per heavy atom. The van der Waals surface area contributed by atoms with E-state index in [2.05, 4.69) is 30.1 Å². The third-order valence-electron chi connectivity index (χ3n) is 3.58. The minimum absolute atomic E-state index is 0.246. The molecule has 0 spiro atoms. The molecule has 0 amide bonds. The second-order valence-electron chi connectivity index (χ2n) is 4.72. The molecule has 0 radical (unpaired) electrons. The smallest absolute Gasteiger partial charge is 0.0934 e. The van der Waals surface area contributed by atoms with Crippen LogP contribution in [0.2, 0.25) is 0 Å². The molecule has 0 atom stereocenters. The van der Waals surface area contributed by atoms with E-state index < -0.39 is 0 Å². The second-order valence-corrected chi connectivity index (χ2v) is 4.72. The molecule has 1 nitrogen and oxygen atoms in total. The third-order valence-corrected chi connectivity index (χ3v) is 3.58. The summed E-state index contributed by atoms with van der Waals surface area (Å²) in [4.78, 5) is 2.37. The molecule has 1 aromatic carbocycles. The van der Waals surface area contributed by atoms with Crippen LogP contribution in [0.25, 0.3) is 0 Å². The van der Waals surface area contributed by atoms with Gasteiger partial charge in [-0.05, 0) is 50.0 Å². The number of nitrogens with zero attached hydrogens (tertiary/aromatic N) is 1. The van der Waals surface area contributed by atoms with Gasteiger partial charge < -0.3 is 4.90 Å². The maximum atomic E-state index is 12.5. The van der Waals surface area contributed by atoms with Crippen molar-refractivity contribution in [2.45, 2.75) is 25.2 Å². The van der Waals surface area contributed by atoms with Crippen molar-refractivity contribution in [1.29, 1.82) is 0 Å². The SMILES string of the molecule is CN1CCC(c2ccccc2CCF)CC1. The molecule has 0 saturated carbocycles. The minimum Gasteiger partial charge on any atom is -0.306 e. The molecule has 1 aliphatic heterocycles. The molecular weight excluding hydrogens is 201 g/mol. The molecule has 0 bridgehead atoms. The lowest BCUT2D eigenvalue weighted by molar-refractivity contribution is 0.255. The van der Waals surface area contributed by atoms with E-state index in [1.165, 1.54) is 24.0 Å². The molecular formula is C14H20FN. The van der Waals surface area contributed by atoms with Crippen molar-refractivity contribution in [1.82, 2.24) is 4.90 Å². The van der Waals surface area contributed by atoms with Crippen LogP contribution in [0.5, 0.6) is 0 Å². The van der Waals surface area contributed by atoms with Gasteiger partial charge in [0.05, 0.1) is 6.67 Å². The largest absolute Gasteiger partial charge is 0.306 e. The molecule has 1 heterocycles. The summed E-state index contributed by atoms with van der Waals surface area (Å²) in [5.41, 5.74) is 2.59. The Morgan fingerprint density at radius 2 is 1.94 bits per heavy atom. The number of hydrogen-bond donors (Lipinski definition) is 0. The van der Waals surface area contributed by atoms with E-state index >= 15 is 0 Å². The molecule has 1 fully saturated rings. The lowest BCUT2D eigenvalue weighted by atomic mass is 9.86. The Labute approximate surface area is 97.3 Å². The van der Waals surface area contributed by atoms with Crippen LogP contribution in [0.1, 0.15) is 29.9 Å². The van der Waals surface area contributed by atoms with E-state index in [1.807, 2.05) is 6.07 Å². The van der Waals surface area contributed by atoms with Gasteiger partial charge in [0.1, 0.15) is 0 Å². The van der Waals surface area contributed by atoms with Crippen LogP contribution in [0.3, 0.4) is 0 Å². The molecule has 88 valence electrons. The van der Waals surface area contributed by atoms with E-state index in [-0.39, 0.29) is 6.67 Å². The van der Waals surface area contributed by atoms with Gasteiger partial charge >= 0.3 is 0 Å². The summed E-state index contributed by atoms with van der Waals surface area (Å²) in [7, 11) is 2.17. The number of hydrogen-bond acceptors (Lipinski definition) is 1. The monoisotopic (exact) mass is 221 g/mol. The van der Waals surface area contributed by atoms with Crippen molar-refractivity contribution in [3.05, 3.63) is 35.4 Å². The average Bonchev–Trinajstić information content (AvgIpc) is 2.32. The van der Waals surface area contributed by atoms with E-state index in [1.54, 1.807) is 0 Å². The standard InChI is InChI=1S/C14H20FN/c1-16-10-7-13(8-11-16)14-5-3-2-4-12(14)6-9-15/h2-5,13H,6-11H2,1H3.